The smallest absolute Gasteiger partial charge is 0.177 e. The minimum absolute atomic E-state index is 0.155. The number of thioether (sulfide) groups is 1. The lowest BCUT2D eigenvalue weighted by Gasteiger charge is -2.17. The van der Waals surface area contributed by atoms with Crippen LogP contribution in [0.25, 0.3) is 0 Å². The van der Waals surface area contributed by atoms with Crippen LogP contribution in [0.4, 0.5) is 0 Å². The molecule has 0 bridgehead atoms. The van der Waals surface area contributed by atoms with Gasteiger partial charge in [-0.15, -0.1) is 11.8 Å². The summed E-state index contributed by atoms with van der Waals surface area (Å²) in [5.74, 6) is 1.20. The fourth-order valence-electron chi connectivity index (χ4n) is 1.20. The van der Waals surface area contributed by atoms with Gasteiger partial charge in [-0.1, -0.05) is 40.8 Å². The van der Waals surface area contributed by atoms with Crippen molar-refractivity contribution in [3.8, 4) is 0 Å². The van der Waals surface area contributed by atoms with E-state index in [1.807, 2.05) is 24.3 Å². The Labute approximate surface area is 89.1 Å². The molecule has 1 aromatic carbocycles. The first-order chi connectivity index (χ1) is 5.79. The third-order valence-electron chi connectivity index (χ3n) is 1.82. The Morgan fingerprint density at radius 2 is 2.17 bits per heavy atom. The van der Waals surface area contributed by atoms with Gasteiger partial charge in [0.15, 0.2) is 5.78 Å². The summed E-state index contributed by atoms with van der Waals surface area (Å²) in [6, 6.07) is 7.83. The molecule has 0 N–H and O–H groups in total. The van der Waals surface area contributed by atoms with Crippen LogP contribution in [0.3, 0.4) is 0 Å². The summed E-state index contributed by atoms with van der Waals surface area (Å²) in [6.45, 7) is 0. The average Bonchev–Trinajstić information content (AvgIpc) is 2.12. The number of Topliss-reactive ketones (excluding diaryl/α,β-unsaturated/α-hetero) is 1. The molecule has 1 unspecified atom stereocenters. The molecule has 0 aliphatic carbocycles. The number of hydrogen-bond donors (Lipinski definition) is 0. The third-order valence-corrected chi connectivity index (χ3v) is 4.59. The minimum atomic E-state index is 0.155. The van der Waals surface area contributed by atoms with Crippen LogP contribution in [0.15, 0.2) is 29.2 Å². The molecule has 0 aromatic heterocycles. The molecule has 0 saturated carbocycles. The Morgan fingerprint density at radius 3 is 3.00 bits per heavy atom. The van der Waals surface area contributed by atoms with Gasteiger partial charge < -0.3 is 0 Å². The van der Waals surface area contributed by atoms with Crippen molar-refractivity contribution in [2.24, 2.45) is 0 Å². The number of carbonyl (C=O) groups is 1. The van der Waals surface area contributed by atoms with E-state index in [2.05, 4.69) is 22.6 Å². The molecule has 0 saturated heterocycles. The maximum atomic E-state index is 11.6. The van der Waals surface area contributed by atoms with Gasteiger partial charge in [-0.2, -0.15) is 0 Å². The summed E-state index contributed by atoms with van der Waals surface area (Å²) in [6.07, 6.45) is 0. The predicted molar refractivity (Wildman–Crippen MR) is 59.3 cm³/mol. The van der Waals surface area contributed by atoms with Gasteiger partial charge in [0.25, 0.3) is 0 Å². The highest BCUT2D eigenvalue weighted by Crippen LogP contribution is 2.32. The normalized spacial score (nSPS) is 22.1. The number of hydrogen-bond acceptors (Lipinski definition) is 2. The third kappa shape index (κ3) is 1.40. The molecule has 1 atom stereocenters. The van der Waals surface area contributed by atoms with Crippen molar-refractivity contribution in [2.45, 2.75) is 8.82 Å². The van der Waals surface area contributed by atoms with Gasteiger partial charge in [-0.3, -0.25) is 4.79 Å². The fourth-order valence-corrected chi connectivity index (χ4v) is 3.05. The van der Waals surface area contributed by atoms with E-state index >= 15 is 0 Å². The summed E-state index contributed by atoms with van der Waals surface area (Å²) in [5.41, 5.74) is 0.896. The number of fused-ring (bicyclic) bond motifs is 1. The number of halogens is 1. The maximum Gasteiger partial charge on any atom is 0.177 e. The number of alkyl halides is 1. The minimum Gasteiger partial charge on any atom is -0.293 e. The van der Waals surface area contributed by atoms with E-state index in [1.165, 1.54) is 0 Å². The Morgan fingerprint density at radius 1 is 1.42 bits per heavy atom. The molecule has 1 aliphatic heterocycles. The van der Waals surface area contributed by atoms with Crippen LogP contribution < -0.4 is 0 Å². The molecule has 12 heavy (non-hydrogen) atoms. The van der Waals surface area contributed by atoms with Crippen molar-refractivity contribution in [3.63, 3.8) is 0 Å². The Hall–Kier alpha value is -0.0300. The van der Waals surface area contributed by atoms with E-state index in [0.717, 1.165) is 16.2 Å². The highest BCUT2D eigenvalue weighted by Gasteiger charge is 2.24. The van der Waals surface area contributed by atoms with Crippen LogP contribution in [0.5, 0.6) is 0 Å². The van der Waals surface area contributed by atoms with Crippen molar-refractivity contribution in [1.82, 2.24) is 0 Å². The van der Waals surface area contributed by atoms with Crippen molar-refractivity contribution >= 4 is 40.1 Å². The van der Waals surface area contributed by atoms with E-state index in [9.17, 15) is 4.79 Å². The molecule has 3 heteroatoms. The summed E-state index contributed by atoms with van der Waals surface area (Å²) in [7, 11) is 0. The first-order valence-electron chi connectivity index (χ1n) is 3.69. The van der Waals surface area contributed by atoms with Crippen LogP contribution in [-0.2, 0) is 0 Å². The van der Waals surface area contributed by atoms with E-state index in [0.29, 0.717) is 0 Å². The molecule has 62 valence electrons. The van der Waals surface area contributed by atoms with Crippen LogP contribution in [0.2, 0.25) is 0 Å². The molecule has 0 fully saturated rings. The van der Waals surface area contributed by atoms with Gasteiger partial charge in [-0.25, -0.2) is 0 Å². The van der Waals surface area contributed by atoms with Gasteiger partial charge in [-0.05, 0) is 6.07 Å². The second-order valence-electron chi connectivity index (χ2n) is 2.64. The van der Waals surface area contributed by atoms with Gasteiger partial charge in [0.05, 0.1) is 3.92 Å². The average molecular weight is 290 g/mol. The van der Waals surface area contributed by atoms with Gasteiger partial charge >= 0.3 is 0 Å². The van der Waals surface area contributed by atoms with Crippen molar-refractivity contribution in [1.29, 1.82) is 0 Å². The van der Waals surface area contributed by atoms with E-state index in [1.54, 1.807) is 11.8 Å². The first-order valence-corrected chi connectivity index (χ1v) is 5.92. The number of benzene rings is 1. The second-order valence-corrected chi connectivity index (χ2v) is 5.20. The number of carbonyl (C=O) groups excluding carboxylic acids is 1. The molecule has 1 nitrogen and oxygen atoms in total. The van der Waals surface area contributed by atoms with Gasteiger partial charge in [0, 0.05) is 16.2 Å². The zero-order valence-electron chi connectivity index (χ0n) is 6.29. The lowest BCUT2D eigenvalue weighted by molar-refractivity contribution is 0.0995. The zero-order chi connectivity index (χ0) is 8.55. The lowest BCUT2D eigenvalue weighted by atomic mass is 10.1. The first kappa shape index (κ1) is 8.56. The molecule has 0 radical (unpaired) electrons. The van der Waals surface area contributed by atoms with Gasteiger partial charge in [0.2, 0.25) is 0 Å². The summed E-state index contributed by atoms with van der Waals surface area (Å²) in [4.78, 5) is 12.7. The van der Waals surface area contributed by atoms with Crippen molar-refractivity contribution in [2.75, 3.05) is 5.75 Å². The molecule has 2 rings (SSSR count). The highest BCUT2D eigenvalue weighted by molar-refractivity contribution is 14.1. The largest absolute Gasteiger partial charge is 0.293 e. The van der Waals surface area contributed by atoms with E-state index in [4.69, 9.17) is 0 Å². The zero-order valence-corrected chi connectivity index (χ0v) is 9.26. The van der Waals surface area contributed by atoms with Crippen molar-refractivity contribution in [3.05, 3.63) is 29.8 Å². The van der Waals surface area contributed by atoms with Crippen LogP contribution in [0.1, 0.15) is 10.4 Å². The van der Waals surface area contributed by atoms with Crippen LogP contribution in [0, 0.1) is 0 Å². The molecule has 1 aromatic rings. The molecular weight excluding hydrogens is 283 g/mol. The molecule has 1 heterocycles. The molecule has 0 spiro atoms. The fraction of sp³-hybridized carbons (Fsp3) is 0.222. The van der Waals surface area contributed by atoms with Crippen LogP contribution in [-0.4, -0.2) is 15.5 Å². The summed E-state index contributed by atoms with van der Waals surface area (Å²) in [5, 5.41) is 0. The van der Waals surface area contributed by atoms with Gasteiger partial charge in [0.1, 0.15) is 0 Å². The number of rotatable bonds is 0. The SMILES string of the molecule is O=C1c2ccccc2SCC1I. The number of ketones is 1. The second kappa shape index (κ2) is 3.38. The topological polar surface area (TPSA) is 17.1 Å². The quantitative estimate of drug-likeness (QED) is 0.540. The Bertz CT molecular complexity index is 324. The standard InChI is InChI=1S/C9H7IOS/c10-7-5-12-8-4-2-1-3-6(8)9(7)11/h1-4,7H,5H2. The lowest BCUT2D eigenvalue weighted by Crippen LogP contribution is -2.21. The Kier molecular flexibility index (Phi) is 2.41. The molecule has 1 aliphatic rings. The summed E-state index contributed by atoms with van der Waals surface area (Å²) < 4.78 is 0.155. The highest BCUT2D eigenvalue weighted by atomic mass is 127. The molecular formula is C9H7IOS. The van der Waals surface area contributed by atoms with Crippen LogP contribution >= 0.6 is 34.4 Å². The Balaban J connectivity index is 2.49. The monoisotopic (exact) mass is 290 g/mol. The maximum absolute atomic E-state index is 11.6. The summed E-state index contributed by atoms with van der Waals surface area (Å²) >= 11 is 3.98. The van der Waals surface area contributed by atoms with E-state index < -0.39 is 0 Å². The van der Waals surface area contributed by atoms with E-state index in [-0.39, 0.29) is 9.71 Å². The van der Waals surface area contributed by atoms with Crippen molar-refractivity contribution < 1.29 is 4.79 Å². The molecule has 0 amide bonds. The predicted octanol–water partition coefficient (Wildman–Crippen LogP) is 2.78.